The Morgan fingerprint density at radius 1 is 0.889 bits per heavy atom. The number of carbonyl (C=O) groups excluding carboxylic acids is 2. The second kappa shape index (κ2) is 8.16. The molecule has 1 aromatic rings. The van der Waals surface area contributed by atoms with E-state index in [-0.39, 0.29) is 11.9 Å². The van der Waals surface area contributed by atoms with Gasteiger partial charge in [0, 0.05) is 50.5 Å². The van der Waals surface area contributed by atoms with Crippen molar-refractivity contribution in [2.45, 2.75) is 19.3 Å². The molecule has 2 heterocycles. The molecule has 9 heteroatoms. The van der Waals surface area contributed by atoms with Gasteiger partial charge < -0.3 is 14.7 Å². The molecule has 0 saturated carbocycles. The van der Waals surface area contributed by atoms with Crippen LogP contribution in [0.2, 0.25) is 0 Å². The number of hydrogen-bond acceptors (Lipinski definition) is 4. The lowest BCUT2D eigenvalue weighted by Crippen LogP contribution is -2.54. The number of anilines is 1. The number of amides is 3. The third kappa shape index (κ3) is 5.12. The van der Waals surface area contributed by atoms with E-state index < -0.39 is 10.0 Å². The summed E-state index contributed by atoms with van der Waals surface area (Å²) in [6, 6.07) is 6.53. The highest BCUT2D eigenvalue weighted by Crippen LogP contribution is 2.17. The number of hydrogen-bond donors (Lipinski definition) is 1. The van der Waals surface area contributed by atoms with Crippen LogP contribution in [-0.2, 0) is 10.0 Å². The summed E-state index contributed by atoms with van der Waals surface area (Å²) in [6.45, 7) is 3.62. The Kier molecular flexibility index (Phi) is 5.88. The van der Waals surface area contributed by atoms with Crippen molar-refractivity contribution in [1.29, 1.82) is 0 Å². The summed E-state index contributed by atoms with van der Waals surface area (Å²) in [5, 5.41) is 0. The van der Waals surface area contributed by atoms with Gasteiger partial charge in [-0.15, -0.1) is 0 Å². The molecule has 1 aromatic carbocycles. The quantitative estimate of drug-likeness (QED) is 0.840. The maximum atomic E-state index is 12.7. The second-order valence-electron chi connectivity index (χ2n) is 7.06. The van der Waals surface area contributed by atoms with Crippen LogP contribution >= 0.6 is 0 Å². The number of likely N-dealkylation sites (tertiary alicyclic amines) is 1. The summed E-state index contributed by atoms with van der Waals surface area (Å²) in [7, 11) is -3.40. The lowest BCUT2D eigenvalue weighted by Gasteiger charge is -2.38. The SMILES string of the molecule is CS(=O)(=O)Nc1cccc(C(=O)N2CCN(C(=O)N3CCCCC3)CC2)c1. The van der Waals surface area contributed by atoms with Crippen LogP contribution in [-0.4, -0.2) is 80.6 Å². The predicted octanol–water partition coefficient (Wildman–Crippen LogP) is 1.42. The molecule has 2 fully saturated rings. The van der Waals surface area contributed by atoms with Crippen molar-refractivity contribution in [3.63, 3.8) is 0 Å². The summed E-state index contributed by atoms with van der Waals surface area (Å²) in [5.74, 6) is -0.155. The van der Waals surface area contributed by atoms with E-state index in [0.717, 1.165) is 32.2 Å². The molecule has 3 rings (SSSR count). The van der Waals surface area contributed by atoms with E-state index in [2.05, 4.69) is 4.72 Å². The average Bonchev–Trinajstić information content (AvgIpc) is 2.66. The average molecular weight is 394 g/mol. The Balaban J connectivity index is 1.58. The van der Waals surface area contributed by atoms with Crippen molar-refractivity contribution in [3.8, 4) is 0 Å². The number of urea groups is 1. The Bertz CT molecular complexity index is 797. The van der Waals surface area contributed by atoms with Gasteiger partial charge >= 0.3 is 6.03 Å². The summed E-state index contributed by atoms with van der Waals surface area (Å²) < 4.78 is 25.1. The van der Waals surface area contributed by atoms with Gasteiger partial charge in [0.1, 0.15) is 0 Å². The molecule has 0 aromatic heterocycles. The van der Waals surface area contributed by atoms with Crippen molar-refractivity contribution >= 4 is 27.6 Å². The van der Waals surface area contributed by atoms with E-state index >= 15 is 0 Å². The molecular weight excluding hydrogens is 368 g/mol. The van der Waals surface area contributed by atoms with Crippen LogP contribution in [0.25, 0.3) is 0 Å². The first-order chi connectivity index (χ1) is 12.8. The number of sulfonamides is 1. The van der Waals surface area contributed by atoms with Gasteiger partial charge in [-0.1, -0.05) is 6.07 Å². The Morgan fingerprint density at radius 2 is 1.48 bits per heavy atom. The Hall–Kier alpha value is -2.29. The van der Waals surface area contributed by atoms with Crippen molar-refractivity contribution in [3.05, 3.63) is 29.8 Å². The molecule has 8 nitrogen and oxygen atoms in total. The normalized spacial score (nSPS) is 18.3. The molecule has 0 spiro atoms. The monoisotopic (exact) mass is 394 g/mol. The Labute approximate surface area is 160 Å². The van der Waals surface area contributed by atoms with Gasteiger partial charge in [0.05, 0.1) is 6.26 Å². The van der Waals surface area contributed by atoms with Crippen molar-refractivity contribution < 1.29 is 18.0 Å². The zero-order valence-corrected chi connectivity index (χ0v) is 16.4. The fourth-order valence-corrected chi connectivity index (χ4v) is 4.05. The van der Waals surface area contributed by atoms with Gasteiger partial charge in [-0.2, -0.15) is 0 Å². The lowest BCUT2D eigenvalue weighted by molar-refractivity contribution is 0.0633. The van der Waals surface area contributed by atoms with Gasteiger partial charge in [0.15, 0.2) is 0 Å². The molecule has 148 valence electrons. The van der Waals surface area contributed by atoms with E-state index in [1.165, 1.54) is 12.5 Å². The maximum Gasteiger partial charge on any atom is 0.320 e. The predicted molar refractivity (Wildman–Crippen MR) is 103 cm³/mol. The number of nitrogens with one attached hydrogen (secondary N) is 1. The number of benzene rings is 1. The van der Waals surface area contributed by atoms with Gasteiger partial charge in [0.2, 0.25) is 10.0 Å². The molecule has 1 N–H and O–H groups in total. The molecule has 2 aliphatic heterocycles. The Morgan fingerprint density at radius 3 is 2.11 bits per heavy atom. The van der Waals surface area contributed by atoms with E-state index in [1.807, 2.05) is 9.80 Å². The van der Waals surface area contributed by atoms with Crippen LogP contribution in [0.4, 0.5) is 10.5 Å². The fraction of sp³-hybridized carbons (Fsp3) is 0.556. The molecular formula is C18H26N4O4S. The molecule has 0 radical (unpaired) electrons. The van der Waals surface area contributed by atoms with E-state index in [1.54, 1.807) is 23.1 Å². The zero-order chi connectivity index (χ0) is 19.4. The first-order valence-electron chi connectivity index (χ1n) is 9.24. The summed E-state index contributed by atoms with van der Waals surface area (Å²) in [5.41, 5.74) is 0.793. The smallest absolute Gasteiger partial charge is 0.320 e. The molecule has 3 amide bonds. The number of rotatable bonds is 3. The first-order valence-corrected chi connectivity index (χ1v) is 11.1. The molecule has 2 aliphatic rings. The number of piperazine rings is 1. The van der Waals surface area contributed by atoms with Gasteiger partial charge in [-0.3, -0.25) is 9.52 Å². The number of piperidine rings is 1. The van der Waals surface area contributed by atoms with Crippen LogP contribution in [0.15, 0.2) is 24.3 Å². The minimum atomic E-state index is -3.40. The first kappa shape index (κ1) is 19.5. The topological polar surface area (TPSA) is 90.0 Å². The standard InChI is InChI=1S/C18H26N4O4S/c1-27(25,26)19-16-7-5-6-15(14-16)17(23)20-10-12-22(13-11-20)18(24)21-8-3-2-4-9-21/h5-7,14,19H,2-4,8-13H2,1H3. The fourth-order valence-electron chi connectivity index (χ4n) is 3.50. The third-order valence-electron chi connectivity index (χ3n) is 4.88. The van der Waals surface area contributed by atoms with Crippen LogP contribution in [0.5, 0.6) is 0 Å². The van der Waals surface area contributed by atoms with Crippen LogP contribution in [0.3, 0.4) is 0 Å². The summed E-state index contributed by atoms with van der Waals surface area (Å²) >= 11 is 0. The lowest BCUT2D eigenvalue weighted by atomic mass is 10.1. The largest absolute Gasteiger partial charge is 0.335 e. The molecule has 0 atom stereocenters. The van der Waals surface area contributed by atoms with Crippen molar-refractivity contribution in [2.75, 3.05) is 50.2 Å². The molecule has 0 aliphatic carbocycles. The molecule has 0 bridgehead atoms. The number of carbonyl (C=O) groups is 2. The van der Waals surface area contributed by atoms with Gasteiger partial charge in [-0.25, -0.2) is 13.2 Å². The van der Waals surface area contributed by atoms with Crippen LogP contribution in [0.1, 0.15) is 29.6 Å². The van der Waals surface area contributed by atoms with Crippen molar-refractivity contribution in [1.82, 2.24) is 14.7 Å². The highest BCUT2D eigenvalue weighted by atomic mass is 32.2. The maximum absolute atomic E-state index is 12.7. The van der Waals surface area contributed by atoms with Crippen molar-refractivity contribution in [2.24, 2.45) is 0 Å². The molecule has 2 saturated heterocycles. The highest BCUT2D eigenvalue weighted by molar-refractivity contribution is 7.92. The highest BCUT2D eigenvalue weighted by Gasteiger charge is 2.28. The summed E-state index contributed by atoms with van der Waals surface area (Å²) in [6.07, 6.45) is 4.36. The van der Waals surface area contributed by atoms with E-state index in [9.17, 15) is 18.0 Å². The van der Waals surface area contributed by atoms with Crippen LogP contribution in [0, 0.1) is 0 Å². The van der Waals surface area contributed by atoms with Gasteiger partial charge in [0.25, 0.3) is 5.91 Å². The van der Waals surface area contributed by atoms with E-state index in [0.29, 0.717) is 37.4 Å². The number of nitrogens with zero attached hydrogens (tertiary/aromatic N) is 3. The third-order valence-corrected chi connectivity index (χ3v) is 5.48. The van der Waals surface area contributed by atoms with Gasteiger partial charge in [-0.05, 0) is 37.5 Å². The minimum absolute atomic E-state index is 0.0705. The minimum Gasteiger partial charge on any atom is -0.335 e. The second-order valence-corrected chi connectivity index (χ2v) is 8.81. The van der Waals surface area contributed by atoms with E-state index in [4.69, 9.17) is 0 Å². The molecule has 0 unspecified atom stereocenters. The zero-order valence-electron chi connectivity index (χ0n) is 15.6. The van der Waals surface area contributed by atoms with Crippen LogP contribution < -0.4 is 4.72 Å². The summed E-state index contributed by atoms with van der Waals surface area (Å²) in [4.78, 5) is 30.7. The molecule has 27 heavy (non-hydrogen) atoms.